The van der Waals surface area contributed by atoms with Crippen LogP contribution in [0.3, 0.4) is 0 Å². The molecule has 1 aliphatic heterocycles. The van der Waals surface area contributed by atoms with Gasteiger partial charge in [0, 0.05) is 18.6 Å². The molecule has 3 nitrogen and oxygen atoms in total. The molecule has 1 saturated heterocycles. The van der Waals surface area contributed by atoms with Gasteiger partial charge in [-0.25, -0.2) is 8.78 Å². The van der Waals surface area contributed by atoms with Gasteiger partial charge in [-0.05, 0) is 38.0 Å². The van der Waals surface area contributed by atoms with Crippen molar-refractivity contribution in [2.24, 2.45) is 0 Å². The van der Waals surface area contributed by atoms with Crippen LogP contribution in [0.25, 0.3) is 0 Å². The second kappa shape index (κ2) is 5.44. The van der Waals surface area contributed by atoms with Gasteiger partial charge in [0.25, 0.3) is 5.91 Å². The van der Waals surface area contributed by atoms with E-state index in [2.05, 4.69) is 17.6 Å². The molecule has 18 heavy (non-hydrogen) atoms. The molecule has 1 aromatic rings. The van der Waals surface area contributed by atoms with E-state index >= 15 is 0 Å². The Hall–Kier alpha value is -1.49. The molecule has 0 aliphatic carbocycles. The fraction of sp³-hybridized carbons (Fsp3) is 0.462. The molecule has 2 N–H and O–H groups in total. The predicted octanol–water partition coefficient (Wildman–Crippen LogP) is 1.84. The van der Waals surface area contributed by atoms with Gasteiger partial charge in [0.05, 0.1) is 5.56 Å². The van der Waals surface area contributed by atoms with Crippen LogP contribution in [0.1, 0.15) is 30.1 Å². The highest BCUT2D eigenvalue weighted by Crippen LogP contribution is 2.12. The lowest BCUT2D eigenvalue weighted by atomic mass is 10.0. The highest BCUT2D eigenvalue weighted by Gasteiger charge is 2.21. The Labute approximate surface area is 105 Å². The van der Waals surface area contributed by atoms with Crippen molar-refractivity contribution < 1.29 is 13.6 Å². The molecule has 1 aromatic carbocycles. The quantitative estimate of drug-likeness (QED) is 0.845. The standard InChI is InChI=1S/C13H16F2N2O/c1-8-2-4-10(7-16-8)17-13(18)11-6-9(14)3-5-12(11)15/h3,5-6,8,10,16H,2,4,7H2,1H3,(H,17,18). The molecule has 1 fully saturated rings. The molecule has 0 saturated carbocycles. The van der Waals surface area contributed by atoms with E-state index in [1.54, 1.807) is 0 Å². The lowest BCUT2D eigenvalue weighted by Gasteiger charge is -2.28. The maximum Gasteiger partial charge on any atom is 0.254 e. The fourth-order valence-corrected chi connectivity index (χ4v) is 2.06. The molecule has 0 radical (unpaired) electrons. The summed E-state index contributed by atoms with van der Waals surface area (Å²) in [5, 5.41) is 5.95. The lowest BCUT2D eigenvalue weighted by Crippen LogP contribution is -2.48. The number of amides is 1. The minimum absolute atomic E-state index is 0.0311. The third kappa shape index (κ3) is 3.04. The van der Waals surface area contributed by atoms with E-state index in [4.69, 9.17) is 0 Å². The number of carbonyl (C=O) groups is 1. The molecule has 98 valence electrons. The Kier molecular flexibility index (Phi) is 3.91. The molecule has 2 atom stereocenters. The van der Waals surface area contributed by atoms with Crippen molar-refractivity contribution in [2.75, 3.05) is 6.54 Å². The number of nitrogens with one attached hydrogen (secondary N) is 2. The van der Waals surface area contributed by atoms with E-state index in [0.717, 1.165) is 31.0 Å². The normalized spacial score (nSPS) is 23.7. The lowest BCUT2D eigenvalue weighted by molar-refractivity contribution is 0.0923. The average Bonchev–Trinajstić information content (AvgIpc) is 2.35. The van der Waals surface area contributed by atoms with Gasteiger partial charge in [-0.1, -0.05) is 0 Å². The summed E-state index contributed by atoms with van der Waals surface area (Å²) < 4.78 is 26.4. The summed E-state index contributed by atoms with van der Waals surface area (Å²) in [6.45, 7) is 2.73. The minimum atomic E-state index is -0.703. The van der Waals surface area contributed by atoms with Crippen molar-refractivity contribution in [3.05, 3.63) is 35.4 Å². The Morgan fingerprint density at radius 2 is 2.17 bits per heavy atom. The van der Waals surface area contributed by atoms with Crippen LogP contribution < -0.4 is 10.6 Å². The first-order valence-corrected chi connectivity index (χ1v) is 6.05. The number of hydrogen-bond donors (Lipinski definition) is 2. The van der Waals surface area contributed by atoms with Crippen LogP contribution >= 0.6 is 0 Å². The second-order valence-electron chi connectivity index (χ2n) is 4.68. The van der Waals surface area contributed by atoms with E-state index in [-0.39, 0.29) is 11.6 Å². The molecular weight excluding hydrogens is 238 g/mol. The van der Waals surface area contributed by atoms with Gasteiger partial charge in [0.15, 0.2) is 0 Å². The van der Waals surface area contributed by atoms with Crippen molar-refractivity contribution in [3.63, 3.8) is 0 Å². The summed E-state index contributed by atoms with van der Waals surface area (Å²) in [7, 11) is 0. The van der Waals surface area contributed by atoms with Crippen LogP contribution in [-0.2, 0) is 0 Å². The van der Waals surface area contributed by atoms with E-state index in [9.17, 15) is 13.6 Å². The zero-order chi connectivity index (χ0) is 13.1. The van der Waals surface area contributed by atoms with Crippen molar-refractivity contribution in [3.8, 4) is 0 Å². The Bertz CT molecular complexity index is 443. The average molecular weight is 254 g/mol. The van der Waals surface area contributed by atoms with Crippen LogP contribution in [0.4, 0.5) is 8.78 Å². The molecule has 2 unspecified atom stereocenters. The molecule has 1 heterocycles. The summed E-state index contributed by atoms with van der Waals surface area (Å²) in [5.74, 6) is -1.88. The van der Waals surface area contributed by atoms with Crippen molar-refractivity contribution in [2.45, 2.75) is 31.8 Å². The molecule has 1 amide bonds. The molecule has 2 rings (SSSR count). The fourth-order valence-electron chi connectivity index (χ4n) is 2.06. The van der Waals surface area contributed by atoms with Gasteiger partial charge in [0.1, 0.15) is 11.6 Å². The number of halogens is 2. The van der Waals surface area contributed by atoms with Crippen LogP contribution in [0.5, 0.6) is 0 Å². The SMILES string of the molecule is CC1CCC(NC(=O)c2cc(F)ccc2F)CN1. The summed E-state index contributed by atoms with van der Waals surface area (Å²) in [5.41, 5.74) is -0.242. The smallest absolute Gasteiger partial charge is 0.254 e. The highest BCUT2D eigenvalue weighted by atomic mass is 19.1. The number of benzene rings is 1. The third-order valence-corrected chi connectivity index (χ3v) is 3.17. The van der Waals surface area contributed by atoms with E-state index in [1.165, 1.54) is 0 Å². The van der Waals surface area contributed by atoms with E-state index < -0.39 is 17.5 Å². The first-order chi connectivity index (χ1) is 8.56. The molecule has 0 bridgehead atoms. The number of piperidine rings is 1. The maximum atomic E-state index is 13.4. The summed E-state index contributed by atoms with van der Waals surface area (Å²) in [4.78, 5) is 11.8. The number of rotatable bonds is 2. The Morgan fingerprint density at radius 3 is 2.83 bits per heavy atom. The topological polar surface area (TPSA) is 41.1 Å². The van der Waals surface area contributed by atoms with Crippen molar-refractivity contribution in [1.82, 2.24) is 10.6 Å². The van der Waals surface area contributed by atoms with Crippen LogP contribution in [0.2, 0.25) is 0 Å². The monoisotopic (exact) mass is 254 g/mol. The highest BCUT2D eigenvalue weighted by molar-refractivity contribution is 5.94. The predicted molar refractivity (Wildman–Crippen MR) is 64.3 cm³/mol. The molecule has 5 heteroatoms. The molecule has 0 aromatic heterocycles. The van der Waals surface area contributed by atoms with Crippen molar-refractivity contribution in [1.29, 1.82) is 0 Å². The molecule has 1 aliphatic rings. The second-order valence-corrected chi connectivity index (χ2v) is 4.68. The maximum absolute atomic E-state index is 13.4. The third-order valence-electron chi connectivity index (χ3n) is 3.17. The first-order valence-electron chi connectivity index (χ1n) is 6.05. The summed E-state index contributed by atoms with van der Waals surface area (Å²) in [6.07, 6.45) is 1.80. The van der Waals surface area contributed by atoms with E-state index in [0.29, 0.717) is 12.6 Å². The summed E-state index contributed by atoms with van der Waals surface area (Å²) >= 11 is 0. The van der Waals surface area contributed by atoms with Crippen LogP contribution in [0, 0.1) is 11.6 Å². The first kappa shape index (κ1) is 13.0. The van der Waals surface area contributed by atoms with Gasteiger partial charge < -0.3 is 10.6 Å². The van der Waals surface area contributed by atoms with Gasteiger partial charge in [-0.3, -0.25) is 4.79 Å². The van der Waals surface area contributed by atoms with Crippen LogP contribution in [0.15, 0.2) is 18.2 Å². The van der Waals surface area contributed by atoms with Gasteiger partial charge in [-0.2, -0.15) is 0 Å². The minimum Gasteiger partial charge on any atom is -0.348 e. The Balaban J connectivity index is 2.01. The van der Waals surface area contributed by atoms with Crippen molar-refractivity contribution >= 4 is 5.91 Å². The largest absolute Gasteiger partial charge is 0.348 e. The Morgan fingerprint density at radius 1 is 1.39 bits per heavy atom. The van der Waals surface area contributed by atoms with Gasteiger partial charge in [0.2, 0.25) is 0 Å². The molecular formula is C13H16F2N2O. The number of carbonyl (C=O) groups excluding carboxylic acids is 1. The summed E-state index contributed by atoms with van der Waals surface area (Å²) in [6, 6.07) is 3.28. The van der Waals surface area contributed by atoms with E-state index in [1.807, 2.05) is 0 Å². The van der Waals surface area contributed by atoms with Gasteiger partial charge >= 0.3 is 0 Å². The number of hydrogen-bond acceptors (Lipinski definition) is 2. The van der Waals surface area contributed by atoms with Gasteiger partial charge in [-0.15, -0.1) is 0 Å². The zero-order valence-corrected chi connectivity index (χ0v) is 10.2. The molecule has 0 spiro atoms. The van der Waals surface area contributed by atoms with Crippen LogP contribution in [-0.4, -0.2) is 24.5 Å². The zero-order valence-electron chi connectivity index (χ0n) is 10.2.